The van der Waals surface area contributed by atoms with Gasteiger partial charge in [0.1, 0.15) is 0 Å². The van der Waals surface area contributed by atoms with Crippen LogP contribution in [-0.2, 0) is 14.3 Å². The average molecular weight is 332 g/mol. The largest absolute Gasteiger partial charge is 0.481 e. The van der Waals surface area contributed by atoms with Crippen LogP contribution in [-0.4, -0.2) is 60.1 Å². The van der Waals surface area contributed by atoms with E-state index in [0.717, 1.165) is 12.1 Å². The fraction of sp³-hybridized carbons (Fsp3) is 0.471. The van der Waals surface area contributed by atoms with E-state index in [9.17, 15) is 14.4 Å². The van der Waals surface area contributed by atoms with Gasteiger partial charge in [-0.05, 0) is 30.7 Å². The van der Waals surface area contributed by atoms with Crippen LogP contribution in [0.4, 0.5) is 5.69 Å². The molecule has 2 aliphatic rings. The first kappa shape index (κ1) is 16.4. The minimum absolute atomic E-state index is 0.101. The lowest BCUT2D eigenvalue weighted by molar-refractivity contribution is -0.139. The van der Waals surface area contributed by atoms with E-state index in [4.69, 9.17) is 9.84 Å². The molecule has 0 aromatic heterocycles. The summed E-state index contributed by atoms with van der Waals surface area (Å²) in [4.78, 5) is 38.7. The van der Waals surface area contributed by atoms with E-state index in [1.807, 2.05) is 0 Å². The molecule has 24 heavy (non-hydrogen) atoms. The Morgan fingerprint density at radius 2 is 1.96 bits per heavy atom. The molecule has 1 aromatic rings. The maximum atomic E-state index is 12.7. The normalized spacial score (nSPS) is 21.2. The number of hydrogen-bond donors (Lipinski definition) is 1. The van der Waals surface area contributed by atoms with Gasteiger partial charge in [0.05, 0.1) is 25.7 Å². The lowest BCUT2D eigenvalue weighted by Crippen LogP contribution is -2.49. The quantitative estimate of drug-likeness (QED) is 0.893. The van der Waals surface area contributed by atoms with E-state index in [2.05, 4.69) is 0 Å². The molecule has 2 fully saturated rings. The predicted molar refractivity (Wildman–Crippen MR) is 85.9 cm³/mol. The molecule has 1 atom stereocenters. The zero-order valence-corrected chi connectivity index (χ0v) is 13.3. The molecule has 2 aliphatic heterocycles. The predicted octanol–water partition coefficient (Wildman–Crippen LogP) is 1.13. The maximum Gasteiger partial charge on any atom is 0.305 e. The summed E-state index contributed by atoms with van der Waals surface area (Å²) in [5.41, 5.74) is 1.28. The standard InChI is InChI=1S/C17H20N2O5/c20-15-2-1-7-18(15)13-5-3-12(4-6-13)17(23)19-8-9-24-11-14(19)10-16(21)22/h3-6,14H,1-2,7-11H2,(H,21,22). The number of ether oxygens (including phenoxy) is 1. The van der Waals surface area contributed by atoms with Crippen molar-refractivity contribution in [2.24, 2.45) is 0 Å². The molecule has 2 heterocycles. The molecule has 128 valence electrons. The number of carbonyl (C=O) groups is 3. The second-order valence-electron chi connectivity index (χ2n) is 6.02. The van der Waals surface area contributed by atoms with Crippen LogP contribution in [0.2, 0.25) is 0 Å². The Balaban J connectivity index is 1.73. The van der Waals surface area contributed by atoms with Crippen LogP contribution < -0.4 is 4.90 Å². The van der Waals surface area contributed by atoms with E-state index in [-0.39, 0.29) is 24.8 Å². The Hall–Kier alpha value is -2.41. The van der Waals surface area contributed by atoms with Crippen LogP contribution in [0.1, 0.15) is 29.6 Å². The number of carboxylic acids is 1. The Morgan fingerprint density at radius 3 is 2.58 bits per heavy atom. The molecule has 7 heteroatoms. The van der Waals surface area contributed by atoms with Gasteiger partial charge in [-0.25, -0.2) is 0 Å². The van der Waals surface area contributed by atoms with E-state index in [0.29, 0.717) is 31.7 Å². The summed E-state index contributed by atoms with van der Waals surface area (Å²) in [6.45, 7) is 1.72. The summed E-state index contributed by atoms with van der Waals surface area (Å²) in [7, 11) is 0. The Labute approximate surface area is 139 Å². The summed E-state index contributed by atoms with van der Waals surface area (Å²) in [6.07, 6.45) is 1.28. The molecule has 2 amide bonds. The fourth-order valence-electron chi connectivity index (χ4n) is 3.16. The topological polar surface area (TPSA) is 87.2 Å². The molecule has 0 radical (unpaired) electrons. The number of carboxylic acid groups (broad SMARTS) is 1. The summed E-state index contributed by atoms with van der Waals surface area (Å²) >= 11 is 0. The SMILES string of the molecule is O=C(O)CC1COCCN1C(=O)c1ccc(N2CCCC2=O)cc1. The molecule has 0 bridgehead atoms. The Kier molecular flexibility index (Phi) is 4.80. The number of benzene rings is 1. The van der Waals surface area contributed by atoms with Crippen molar-refractivity contribution in [3.8, 4) is 0 Å². The number of anilines is 1. The van der Waals surface area contributed by atoms with Gasteiger partial charge in [0, 0.05) is 30.8 Å². The van der Waals surface area contributed by atoms with Crippen LogP contribution in [0.25, 0.3) is 0 Å². The van der Waals surface area contributed by atoms with Gasteiger partial charge < -0.3 is 19.6 Å². The van der Waals surface area contributed by atoms with Gasteiger partial charge in [-0.15, -0.1) is 0 Å². The van der Waals surface area contributed by atoms with Crippen LogP contribution in [0.15, 0.2) is 24.3 Å². The summed E-state index contributed by atoms with van der Waals surface area (Å²) in [5, 5.41) is 8.99. The first-order valence-corrected chi connectivity index (χ1v) is 8.07. The highest BCUT2D eigenvalue weighted by atomic mass is 16.5. The lowest BCUT2D eigenvalue weighted by Gasteiger charge is -2.35. The van der Waals surface area contributed by atoms with Crippen molar-refractivity contribution < 1.29 is 24.2 Å². The molecule has 1 aromatic carbocycles. The van der Waals surface area contributed by atoms with Gasteiger partial charge in [-0.1, -0.05) is 0 Å². The molecular formula is C17H20N2O5. The number of hydrogen-bond acceptors (Lipinski definition) is 4. The van der Waals surface area contributed by atoms with E-state index in [1.165, 1.54) is 0 Å². The molecular weight excluding hydrogens is 312 g/mol. The van der Waals surface area contributed by atoms with Crippen molar-refractivity contribution in [2.75, 3.05) is 31.2 Å². The number of morpholine rings is 1. The molecule has 0 spiro atoms. The van der Waals surface area contributed by atoms with Crippen molar-refractivity contribution in [2.45, 2.75) is 25.3 Å². The summed E-state index contributed by atoms with van der Waals surface area (Å²) in [6, 6.07) is 6.46. The van der Waals surface area contributed by atoms with Crippen LogP contribution >= 0.6 is 0 Å². The van der Waals surface area contributed by atoms with E-state index in [1.54, 1.807) is 34.1 Å². The first-order chi connectivity index (χ1) is 11.6. The highest BCUT2D eigenvalue weighted by molar-refractivity contribution is 5.97. The zero-order valence-electron chi connectivity index (χ0n) is 13.3. The second-order valence-corrected chi connectivity index (χ2v) is 6.02. The molecule has 3 rings (SSSR count). The second kappa shape index (κ2) is 7.00. The fourth-order valence-corrected chi connectivity index (χ4v) is 3.16. The average Bonchev–Trinajstić information content (AvgIpc) is 3.00. The molecule has 7 nitrogen and oxygen atoms in total. The Bertz CT molecular complexity index is 643. The summed E-state index contributed by atoms with van der Waals surface area (Å²) < 4.78 is 5.30. The third kappa shape index (κ3) is 3.41. The van der Waals surface area contributed by atoms with Crippen molar-refractivity contribution in [3.63, 3.8) is 0 Å². The number of aliphatic carboxylic acids is 1. The molecule has 1 unspecified atom stereocenters. The minimum atomic E-state index is -0.953. The van der Waals surface area contributed by atoms with Crippen molar-refractivity contribution in [1.29, 1.82) is 0 Å². The van der Waals surface area contributed by atoms with Gasteiger partial charge in [-0.3, -0.25) is 14.4 Å². The summed E-state index contributed by atoms with van der Waals surface area (Å²) in [5.74, 6) is -1.06. The van der Waals surface area contributed by atoms with Gasteiger partial charge in [0.15, 0.2) is 0 Å². The molecule has 1 N–H and O–H groups in total. The molecule has 0 aliphatic carbocycles. The third-order valence-electron chi connectivity index (χ3n) is 4.40. The van der Waals surface area contributed by atoms with Crippen LogP contribution in [0, 0.1) is 0 Å². The Morgan fingerprint density at radius 1 is 1.21 bits per heavy atom. The number of nitrogens with zero attached hydrogens (tertiary/aromatic N) is 2. The highest BCUT2D eigenvalue weighted by Crippen LogP contribution is 2.23. The van der Waals surface area contributed by atoms with Gasteiger partial charge in [0.25, 0.3) is 5.91 Å². The molecule has 0 saturated carbocycles. The van der Waals surface area contributed by atoms with Crippen molar-refractivity contribution >= 4 is 23.5 Å². The monoisotopic (exact) mass is 332 g/mol. The smallest absolute Gasteiger partial charge is 0.305 e. The van der Waals surface area contributed by atoms with Gasteiger partial charge >= 0.3 is 5.97 Å². The van der Waals surface area contributed by atoms with Gasteiger partial charge in [0.2, 0.25) is 5.91 Å². The van der Waals surface area contributed by atoms with Crippen molar-refractivity contribution in [3.05, 3.63) is 29.8 Å². The molecule has 2 saturated heterocycles. The third-order valence-corrected chi connectivity index (χ3v) is 4.40. The highest BCUT2D eigenvalue weighted by Gasteiger charge is 2.30. The van der Waals surface area contributed by atoms with Crippen LogP contribution in [0.5, 0.6) is 0 Å². The van der Waals surface area contributed by atoms with Crippen molar-refractivity contribution in [1.82, 2.24) is 4.90 Å². The zero-order chi connectivity index (χ0) is 17.1. The number of amides is 2. The number of carbonyl (C=O) groups excluding carboxylic acids is 2. The number of rotatable bonds is 4. The van der Waals surface area contributed by atoms with Gasteiger partial charge in [-0.2, -0.15) is 0 Å². The van der Waals surface area contributed by atoms with E-state index >= 15 is 0 Å². The van der Waals surface area contributed by atoms with Crippen LogP contribution in [0.3, 0.4) is 0 Å². The lowest BCUT2D eigenvalue weighted by atomic mass is 10.1. The first-order valence-electron chi connectivity index (χ1n) is 8.07. The van der Waals surface area contributed by atoms with E-state index < -0.39 is 12.0 Å². The maximum absolute atomic E-state index is 12.7. The minimum Gasteiger partial charge on any atom is -0.481 e.